The van der Waals surface area contributed by atoms with Gasteiger partial charge in [0.15, 0.2) is 0 Å². The topological polar surface area (TPSA) is 26.5 Å². The van der Waals surface area contributed by atoms with Crippen molar-refractivity contribution in [2.45, 2.75) is 19.9 Å². The second-order valence-corrected chi connectivity index (χ2v) is 2.41. The van der Waals surface area contributed by atoms with Gasteiger partial charge in [-0.05, 0) is 26.0 Å². The molecule has 0 bridgehead atoms. The van der Waals surface area contributed by atoms with Crippen molar-refractivity contribution in [1.82, 2.24) is 5.32 Å². The quantitative estimate of drug-likeness (QED) is 0.520. The van der Waals surface area contributed by atoms with E-state index < -0.39 is 0 Å². The number of rotatable bonds is 1. The van der Waals surface area contributed by atoms with Crippen LogP contribution in [0.25, 0.3) is 0 Å². The summed E-state index contributed by atoms with van der Waals surface area (Å²) in [5, 5.41) is 4.05. The normalized spacial score (nSPS) is 20.1. The van der Waals surface area contributed by atoms with E-state index in [9.17, 15) is 0 Å². The van der Waals surface area contributed by atoms with Gasteiger partial charge >= 0.3 is 0 Å². The van der Waals surface area contributed by atoms with Crippen molar-refractivity contribution in [3.8, 4) is 0 Å². The highest BCUT2D eigenvalue weighted by atomic mass is 15.0. The van der Waals surface area contributed by atoms with Gasteiger partial charge in [0.2, 0.25) is 0 Å². The molecule has 0 N–H and O–H groups in total. The number of hydrogen-bond donors (Lipinski definition) is 0. The van der Waals surface area contributed by atoms with Gasteiger partial charge in [-0.25, -0.2) is 5.32 Å². The molecule has 0 atom stereocenters. The van der Waals surface area contributed by atoms with E-state index in [4.69, 9.17) is 0 Å². The Labute approximate surface area is 61.4 Å². The number of aliphatic imine (C=N–C) groups is 1. The van der Waals surface area contributed by atoms with Crippen LogP contribution in [0, 0.1) is 0 Å². The maximum Gasteiger partial charge on any atom is 0.147 e. The van der Waals surface area contributed by atoms with E-state index in [1.807, 2.05) is 32.1 Å². The van der Waals surface area contributed by atoms with Crippen LogP contribution in [0.5, 0.6) is 0 Å². The SMILES string of the molecule is CC(C)/N=C1/C=CC=C[N]1. The molecule has 0 amide bonds. The van der Waals surface area contributed by atoms with Gasteiger partial charge < -0.3 is 0 Å². The minimum Gasteiger partial charge on any atom is -0.264 e. The molecule has 1 rings (SSSR count). The van der Waals surface area contributed by atoms with Crippen molar-refractivity contribution in [3.05, 3.63) is 24.4 Å². The van der Waals surface area contributed by atoms with Crippen LogP contribution in [0.3, 0.4) is 0 Å². The Morgan fingerprint density at radius 1 is 1.40 bits per heavy atom. The van der Waals surface area contributed by atoms with E-state index in [1.165, 1.54) is 0 Å². The van der Waals surface area contributed by atoms with E-state index in [-0.39, 0.29) is 0 Å². The van der Waals surface area contributed by atoms with Crippen LogP contribution < -0.4 is 5.32 Å². The van der Waals surface area contributed by atoms with E-state index in [0.717, 1.165) is 5.84 Å². The molecule has 2 heteroatoms. The van der Waals surface area contributed by atoms with Gasteiger partial charge in [0, 0.05) is 12.2 Å². The molecular weight excluding hydrogens is 124 g/mol. The summed E-state index contributed by atoms with van der Waals surface area (Å²) in [4.78, 5) is 4.25. The third-order valence-electron chi connectivity index (χ3n) is 1.04. The van der Waals surface area contributed by atoms with Crippen LogP contribution in [0.15, 0.2) is 29.4 Å². The summed E-state index contributed by atoms with van der Waals surface area (Å²) < 4.78 is 0. The van der Waals surface area contributed by atoms with Gasteiger partial charge in [0.1, 0.15) is 5.84 Å². The summed E-state index contributed by atoms with van der Waals surface area (Å²) in [6, 6.07) is 0.329. The van der Waals surface area contributed by atoms with Gasteiger partial charge in [-0.2, -0.15) is 0 Å². The van der Waals surface area contributed by atoms with Crippen LogP contribution in [0.1, 0.15) is 13.8 Å². The third kappa shape index (κ3) is 2.05. The van der Waals surface area contributed by atoms with E-state index >= 15 is 0 Å². The zero-order valence-electron chi connectivity index (χ0n) is 6.28. The van der Waals surface area contributed by atoms with Crippen LogP contribution in [0.2, 0.25) is 0 Å². The summed E-state index contributed by atoms with van der Waals surface area (Å²) >= 11 is 0. The molecule has 0 spiro atoms. The molecule has 0 aliphatic carbocycles. The lowest BCUT2D eigenvalue weighted by Gasteiger charge is -2.02. The van der Waals surface area contributed by atoms with Crippen molar-refractivity contribution in [3.63, 3.8) is 0 Å². The summed E-state index contributed by atoms with van der Waals surface area (Å²) in [5.41, 5.74) is 0. The van der Waals surface area contributed by atoms with E-state index in [2.05, 4.69) is 10.3 Å². The molecule has 0 saturated carbocycles. The molecule has 0 aromatic carbocycles. The Kier molecular flexibility index (Phi) is 2.26. The second-order valence-electron chi connectivity index (χ2n) is 2.41. The monoisotopic (exact) mass is 135 g/mol. The fraction of sp³-hybridized carbons (Fsp3) is 0.375. The van der Waals surface area contributed by atoms with Gasteiger partial charge in [-0.1, -0.05) is 6.08 Å². The predicted octanol–water partition coefficient (Wildman–Crippen LogP) is 1.48. The number of nitrogens with zero attached hydrogens (tertiary/aromatic N) is 2. The first-order valence-corrected chi connectivity index (χ1v) is 3.41. The van der Waals surface area contributed by atoms with Gasteiger partial charge in [-0.3, -0.25) is 4.99 Å². The van der Waals surface area contributed by atoms with Crippen LogP contribution >= 0.6 is 0 Å². The van der Waals surface area contributed by atoms with Gasteiger partial charge in [-0.15, -0.1) is 0 Å². The van der Waals surface area contributed by atoms with Gasteiger partial charge in [0.05, 0.1) is 0 Å². The fourth-order valence-corrected chi connectivity index (χ4v) is 0.695. The molecule has 0 fully saturated rings. The van der Waals surface area contributed by atoms with Crippen molar-refractivity contribution in [2.75, 3.05) is 0 Å². The van der Waals surface area contributed by atoms with Crippen molar-refractivity contribution >= 4 is 5.84 Å². The molecule has 0 saturated heterocycles. The zero-order valence-corrected chi connectivity index (χ0v) is 6.28. The Morgan fingerprint density at radius 2 is 2.20 bits per heavy atom. The molecule has 10 heavy (non-hydrogen) atoms. The fourth-order valence-electron chi connectivity index (χ4n) is 0.695. The Bertz CT molecular complexity index is 187. The van der Waals surface area contributed by atoms with Crippen LogP contribution in [-0.2, 0) is 0 Å². The molecule has 0 unspecified atom stereocenters. The highest BCUT2D eigenvalue weighted by molar-refractivity contribution is 5.94. The minimum atomic E-state index is 0.329. The number of hydrogen-bond acceptors (Lipinski definition) is 1. The van der Waals surface area contributed by atoms with Gasteiger partial charge in [0.25, 0.3) is 0 Å². The summed E-state index contributed by atoms with van der Waals surface area (Å²) in [6.45, 7) is 4.07. The van der Waals surface area contributed by atoms with Crippen molar-refractivity contribution in [1.29, 1.82) is 0 Å². The standard InChI is InChI=1S/C8H11N2/c1-7(2)10-8-5-3-4-6-9-8/h3-7H,1-2H3/b10-8-. The van der Waals surface area contributed by atoms with Crippen LogP contribution in [-0.4, -0.2) is 11.9 Å². The largest absolute Gasteiger partial charge is 0.264 e. The summed E-state index contributed by atoms with van der Waals surface area (Å²) in [5.74, 6) is 0.817. The second kappa shape index (κ2) is 3.20. The lowest BCUT2D eigenvalue weighted by atomic mass is 10.3. The van der Waals surface area contributed by atoms with E-state index in [0.29, 0.717) is 6.04 Å². The Hall–Kier alpha value is -1.05. The first-order chi connectivity index (χ1) is 4.79. The molecule has 0 aromatic heterocycles. The highest BCUT2D eigenvalue weighted by Crippen LogP contribution is 1.93. The highest BCUT2D eigenvalue weighted by Gasteiger charge is 1.96. The molecule has 1 aliphatic rings. The number of allylic oxidation sites excluding steroid dienone is 2. The van der Waals surface area contributed by atoms with Crippen molar-refractivity contribution < 1.29 is 0 Å². The maximum atomic E-state index is 4.25. The summed E-state index contributed by atoms with van der Waals surface area (Å²) in [6.07, 6.45) is 7.48. The first kappa shape index (κ1) is 7.06. The molecule has 1 aliphatic heterocycles. The average molecular weight is 135 g/mol. The lowest BCUT2D eigenvalue weighted by Crippen LogP contribution is -2.11. The summed E-state index contributed by atoms with van der Waals surface area (Å²) in [7, 11) is 0. The molecule has 1 radical (unpaired) electrons. The predicted molar refractivity (Wildman–Crippen MR) is 43.0 cm³/mol. The first-order valence-electron chi connectivity index (χ1n) is 3.41. The van der Waals surface area contributed by atoms with Crippen molar-refractivity contribution in [2.24, 2.45) is 4.99 Å². The number of amidine groups is 1. The minimum absolute atomic E-state index is 0.329. The molecule has 1 heterocycles. The molecule has 0 aromatic rings. The lowest BCUT2D eigenvalue weighted by molar-refractivity contribution is 0.829. The Morgan fingerprint density at radius 3 is 2.70 bits per heavy atom. The average Bonchev–Trinajstić information content (AvgIpc) is 1.88. The van der Waals surface area contributed by atoms with E-state index in [1.54, 1.807) is 6.20 Å². The molecular formula is C8H11N2. The molecule has 2 nitrogen and oxygen atoms in total. The zero-order chi connectivity index (χ0) is 7.40. The maximum absolute atomic E-state index is 4.25. The molecule has 53 valence electrons. The van der Waals surface area contributed by atoms with Crippen LogP contribution in [0.4, 0.5) is 0 Å². The smallest absolute Gasteiger partial charge is 0.147 e. The Balaban J connectivity index is 2.58. The third-order valence-corrected chi connectivity index (χ3v) is 1.04.